The molecule has 2 aliphatic carbocycles. The van der Waals surface area contributed by atoms with Gasteiger partial charge in [0.25, 0.3) is 0 Å². The molecule has 0 aliphatic heterocycles. The molecule has 2 aromatic rings. The van der Waals surface area contributed by atoms with Crippen molar-refractivity contribution in [1.82, 2.24) is 5.32 Å². The summed E-state index contributed by atoms with van der Waals surface area (Å²) in [7, 11) is -1.80. The van der Waals surface area contributed by atoms with Gasteiger partial charge in [0.05, 0.1) is 0 Å². The number of anilines is 2. The average molecular weight is 542 g/mol. The van der Waals surface area contributed by atoms with E-state index in [4.69, 9.17) is 0 Å². The number of rotatable bonds is 9. The summed E-state index contributed by atoms with van der Waals surface area (Å²) in [6, 6.07) is 10.4. The number of amides is 3. The van der Waals surface area contributed by atoms with Crippen LogP contribution in [-0.4, -0.2) is 45.5 Å². The van der Waals surface area contributed by atoms with Gasteiger partial charge in [-0.2, -0.15) is 0 Å². The van der Waals surface area contributed by atoms with Gasteiger partial charge in [-0.3, -0.25) is 23.5 Å². The van der Waals surface area contributed by atoms with E-state index in [9.17, 15) is 23.0 Å². The normalized spacial score (nSPS) is 17.1. The quantitative estimate of drug-likeness (QED) is 0.496. The van der Waals surface area contributed by atoms with E-state index >= 15 is 0 Å². The standard InChI is InChI=1S/C29H36FN3O4S/c1-20(29(36)32-23-10-3-2-4-11-23)33(26-13-7-9-21-8-5-6-12-25(21)26)28(35)19-38(37)18-27(34)31-24-16-14-22(30)15-17-24/h7,9,13-17,20,23H,2-6,8,10-12,18-19H2,1H3,(H,31,34)(H,32,36)/t20-,38-/m1/s1. The maximum absolute atomic E-state index is 13.6. The number of halogens is 1. The smallest absolute Gasteiger partial charge is 0.243 e. The Morgan fingerprint density at radius 2 is 1.68 bits per heavy atom. The SMILES string of the molecule is C[C@H](C(=O)NC1CCCCC1)N(C(=O)C[S@](=O)CC(=O)Nc1ccc(F)cc1)c1cccc2c1CCCC2. The van der Waals surface area contributed by atoms with Gasteiger partial charge in [-0.05, 0) is 86.9 Å². The summed E-state index contributed by atoms with van der Waals surface area (Å²) in [6.45, 7) is 1.71. The van der Waals surface area contributed by atoms with E-state index in [0.717, 1.165) is 56.9 Å². The van der Waals surface area contributed by atoms with Crippen LogP contribution < -0.4 is 15.5 Å². The first kappa shape index (κ1) is 28.0. The Morgan fingerprint density at radius 3 is 2.42 bits per heavy atom. The molecular formula is C29H36FN3O4S. The van der Waals surface area contributed by atoms with E-state index in [2.05, 4.69) is 16.7 Å². The highest BCUT2D eigenvalue weighted by atomic mass is 32.2. The lowest BCUT2D eigenvalue weighted by Crippen LogP contribution is -2.52. The van der Waals surface area contributed by atoms with Crippen LogP contribution in [0.4, 0.5) is 15.8 Å². The van der Waals surface area contributed by atoms with Crippen LogP contribution in [0.5, 0.6) is 0 Å². The molecular weight excluding hydrogens is 505 g/mol. The molecule has 38 heavy (non-hydrogen) atoms. The monoisotopic (exact) mass is 541 g/mol. The number of hydrogen-bond donors (Lipinski definition) is 2. The van der Waals surface area contributed by atoms with Gasteiger partial charge in [0.15, 0.2) is 0 Å². The molecule has 0 aromatic heterocycles. The maximum Gasteiger partial charge on any atom is 0.243 e. The lowest BCUT2D eigenvalue weighted by molar-refractivity contribution is -0.126. The molecule has 0 radical (unpaired) electrons. The summed E-state index contributed by atoms with van der Waals surface area (Å²) in [6.07, 6.45) is 9.00. The van der Waals surface area contributed by atoms with Crippen molar-refractivity contribution in [1.29, 1.82) is 0 Å². The van der Waals surface area contributed by atoms with Crippen LogP contribution in [0.15, 0.2) is 42.5 Å². The van der Waals surface area contributed by atoms with E-state index < -0.39 is 34.5 Å². The van der Waals surface area contributed by atoms with Gasteiger partial charge >= 0.3 is 0 Å². The van der Waals surface area contributed by atoms with Crippen LogP contribution in [0.3, 0.4) is 0 Å². The van der Waals surface area contributed by atoms with Crippen molar-refractivity contribution in [3.63, 3.8) is 0 Å². The first-order valence-electron chi connectivity index (χ1n) is 13.5. The van der Waals surface area contributed by atoms with E-state index in [1.807, 2.05) is 12.1 Å². The second kappa shape index (κ2) is 13.1. The van der Waals surface area contributed by atoms with Gasteiger partial charge < -0.3 is 10.6 Å². The zero-order valence-electron chi connectivity index (χ0n) is 21.8. The molecule has 204 valence electrons. The molecule has 7 nitrogen and oxygen atoms in total. The Kier molecular flexibility index (Phi) is 9.66. The van der Waals surface area contributed by atoms with E-state index in [1.54, 1.807) is 6.92 Å². The molecule has 2 aromatic carbocycles. The van der Waals surface area contributed by atoms with Crippen LogP contribution in [-0.2, 0) is 38.0 Å². The first-order chi connectivity index (χ1) is 18.3. The minimum atomic E-state index is -1.80. The fourth-order valence-electron chi connectivity index (χ4n) is 5.37. The predicted octanol–water partition coefficient (Wildman–Crippen LogP) is 4.26. The van der Waals surface area contributed by atoms with E-state index in [-0.39, 0.29) is 23.5 Å². The Bertz CT molecular complexity index is 1180. The highest BCUT2D eigenvalue weighted by Crippen LogP contribution is 2.32. The molecule has 9 heteroatoms. The number of benzene rings is 2. The highest BCUT2D eigenvalue weighted by molar-refractivity contribution is 7.86. The third kappa shape index (κ3) is 7.28. The predicted molar refractivity (Wildman–Crippen MR) is 148 cm³/mol. The van der Waals surface area contributed by atoms with Crippen molar-refractivity contribution in [3.05, 3.63) is 59.4 Å². The van der Waals surface area contributed by atoms with Gasteiger partial charge in [0.2, 0.25) is 17.7 Å². The summed E-state index contributed by atoms with van der Waals surface area (Å²) in [5.74, 6) is -2.41. The molecule has 0 bridgehead atoms. The summed E-state index contributed by atoms with van der Waals surface area (Å²) in [4.78, 5) is 40.8. The van der Waals surface area contributed by atoms with E-state index in [0.29, 0.717) is 11.4 Å². The zero-order valence-corrected chi connectivity index (χ0v) is 22.7. The topological polar surface area (TPSA) is 95.6 Å². The molecule has 2 N–H and O–H groups in total. The Hall–Kier alpha value is -3.07. The van der Waals surface area contributed by atoms with Gasteiger partial charge in [-0.1, -0.05) is 31.4 Å². The van der Waals surface area contributed by atoms with Gasteiger partial charge in [0, 0.05) is 28.2 Å². The molecule has 2 aliphatic rings. The van der Waals surface area contributed by atoms with Crippen LogP contribution >= 0.6 is 0 Å². The third-order valence-corrected chi connectivity index (χ3v) is 8.48. The molecule has 0 unspecified atom stereocenters. The lowest BCUT2D eigenvalue weighted by Gasteiger charge is -2.33. The molecule has 3 amide bonds. The minimum Gasteiger partial charge on any atom is -0.352 e. The Labute approximate surface area is 226 Å². The van der Waals surface area contributed by atoms with Crippen molar-refractivity contribution in [2.75, 3.05) is 21.7 Å². The van der Waals surface area contributed by atoms with Gasteiger partial charge in [-0.25, -0.2) is 4.39 Å². The molecule has 0 heterocycles. The average Bonchev–Trinajstić information content (AvgIpc) is 2.90. The number of nitrogens with zero attached hydrogens (tertiary/aromatic N) is 1. The van der Waals surface area contributed by atoms with Crippen LogP contribution in [0.25, 0.3) is 0 Å². The fourth-order valence-corrected chi connectivity index (χ4v) is 6.25. The second-order valence-corrected chi connectivity index (χ2v) is 11.6. The largest absolute Gasteiger partial charge is 0.352 e. The lowest BCUT2D eigenvalue weighted by atomic mass is 9.89. The summed E-state index contributed by atoms with van der Waals surface area (Å²) < 4.78 is 26.0. The number of aryl methyl sites for hydroxylation is 1. The maximum atomic E-state index is 13.6. The number of hydrogen-bond acceptors (Lipinski definition) is 4. The van der Waals surface area contributed by atoms with Crippen molar-refractivity contribution >= 4 is 39.9 Å². The zero-order chi connectivity index (χ0) is 27.1. The fraction of sp³-hybridized carbons (Fsp3) is 0.483. The second-order valence-electron chi connectivity index (χ2n) is 10.2. The summed E-state index contributed by atoms with van der Waals surface area (Å²) in [5.41, 5.74) is 3.30. The molecule has 2 atom stereocenters. The molecule has 1 fully saturated rings. The summed E-state index contributed by atoms with van der Waals surface area (Å²) >= 11 is 0. The van der Waals surface area contributed by atoms with Crippen LogP contribution in [0.1, 0.15) is 63.0 Å². The van der Waals surface area contributed by atoms with Crippen LogP contribution in [0, 0.1) is 5.82 Å². The van der Waals surface area contributed by atoms with Gasteiger partial charge in [-0.15, -0.1) is 0 Å². The van der Waals surface area contributed by atoms with Crippen LogP contribution in [0.2, 0.25) is 0 Å². The first-order valence-corrected chi connectivity index (χ1v) is 14.9. The Morgan fingerprint density at radius 1 is 0.974 bits per heavy atom. The number of carbonyl (C=O) groups excluding carboxylic acids is 3. The van der Waals surface area contributed by atoms with E-state index in [1.165, 1.54) is 41.1 Å². The third-order valence-electron chi connectivity index (χ3n) is 7.32. The number of fused-ring (bicyclic) bond motifs is 1. The molecule has 1 saturated carbocycles. The highest BCUT2D eigenvalue weighted by Gasteiger charge is 2.32. The molecule has 0 saturated heterocycles. The van der Waals surface area contributed by atoms with Gasteiger partial charge in [0.1, 0.15) is 23.4 Å². The number of nitrogens with one attached hydrogen (secondary N) is 2. The summed E-state index contributed by atoms with van der Waals surface area (Å²) in [5, 5.41) is 5.69. The van der Waals surface area contributed by atoms with Crippen molar-refractivity contribution in [3.8, 4) is 0 Å². The van der Waals surface area contributed by atoms with Crippen molar-refractivity contribution < 1.29 is 23.0 Å². The van der Waals surface area contributed by atoms with Crippen molar-refractivity contribution in [2.45, 2.75) is 76.8 Å². The number of carbonyl (C=O) groups is 3. The minimum absolute atomic E-state index is 0.102. The Balaban J connectivity index is 1.49. The van der Waals surface area contributed by atoms with Crippen molar-refractivity contribution in [2.24, 2.45) is 0 Å². The molecule has 4 rings (SSSR count). The molecule has 0 spiro atoms.